The highest BCUT2D eigenvalue weighted by Crippen LogP contribution is 2.26. The van der Waals surface area contributed by atoms with Gasteiger partial charge >= 0.3 is 0 Å². The van der Waals surface area contributed by atoms with Crippen LogP contribution in [0.1, 0.15) is 18.9 Å². The number of alkyl halides is 1. The van der Waals surface area contributed by atoms with Gasteiger partial charge in [-0.15, -0.1) is 0 Å². The molecular formula is C12H17FN6. The number of nitrogens with zero attached hydrogens (tertiary/aromatic N) is 5. The molecule has 1 fully saturated rings. The number of nitrogens with two attached hydrogens (primary N) is 1. The number of hydrogen-bond donors (Lipinski definition) is 1. The van der Waals surface area contributed by atoms with Crippen molar-refractivity contribution in [2.24, 2.45) is 0 Å². The van der Waals surface area contributed by atoms with Crippen LogP contribution in [0.25, 0.3) is 11.0 Å². The number of fused-ring (bicyclic) bond motifs is 1. The van der Waals surface area contributed by atoms with Gasteiger partial charge in [-0.2, -0.15) is 5.10 Å². The van der Waals surface area contributed by atoms with E-state index in [1.807, 2.05) is 4.68 Å². The number of nitrogen functional groups attached to an aromatic ring is 1. The first-order valence-electron chi connectivity index (χ1n) is 6.51. The molecule has 0 radical (unpaired) electrons. The van der Waals surface area contributed by atoms with E-state index >= 15 is 0 Å². The van der Waals surface area contributed by atoms with Gasteiger partial charge in [-0.3, -0.25) is 0 Å². The first-order valence-corrected chi connectivity index (χ1v) is 6.51. The van der Waals surface area contributed by atoms with Gasteiger partial charge in [0, 0.05) is 19.6 Å². The summed E-state index contributed by atoms with van der Waals surface area (Å²) in [6.45, 7) is 2.05. The lowest BCUT2D eigenvalue weighted by molar-refractivity contribution is 0.171. The van der Waals surface area contributed by atoms with Crippen LogP contribution in [-0.4, -0.2) is 51.0 Å². The molecule has 0 atom stereocenters. The van der Waals surface area contributed by atoms with E-state index in [0.29, 0.717) is 18.4 Å². The summed E-state index contributed by atoms with van der Waals surface area (Å²) in [6, 6.07) is 0.308. The standard InChI is InChI=1S/C12H17FN6/c13-3-6-18-4-1-9(2-5-18)19-12-10(7-17-19)11(14)15-8-16-12/h7-9H,1-6H2,(H2,14,15,16). The van der Waals surface area contributed by atoms with Crippen molar-refractivity contribution in [1.29, 1.82) is 0 Å². The van der Waals surface area contributed by atoms with Crippen LogP contribution in [0.4, 0.5) is 10.2 Å². The topological polar surface area (TPSA) is 72.9 Å². The molecule has 0 saturated carbocycles. The minimum atomic E-state index is -0.279. The zero-order valence-electron chi connectivity index (χ0n) is 10.7. The molecule has 1 aliphatic heterocycles. The summed E-state index contributed by atoms with van der Waals surface area (Å²) in [5.74, 6) is 0.464. The summed E-state index contributed by atoms with van der Waals surface area (Å²) in [4.78, 5) is 10.4. The largest absolute Gasteiger partial charge is 0.383 e. The van der Waals surface area contributed by atoms with Gasteiger partial charge in [-0.25, -0.2) is 19.0 Å². The van der Waals surface area contributed by atoms with Crippen LogP contribution in [0.15, 0.2) is 12.5 Å². The zero-order chi connectivity index (χ0) is 13.2. The number of likely N-dealkylation sites (tertiary alicyclic amines) is 1. The maximum Gasteiger partial charge on any atom is 0.163 e. The monoisotopic (exact) mass is 264 g/mol. The molecule has 0 spiro atoms. The Balaban J connectivity index is 1.80. The van der Waals surface area contributed by atoms with E-state index < -0.39 is 0 Å². The highest BCUT2D eigenvalue weighted by Gasteiger charge is 2.22. The van der Waals surface area contributed by atoms with E-state index in [1.54, 1.807) is 6.20 Å². The zero-order valence-corrected chi connectivity index (χ0v) is 10.7. The van der Waals surface area contributed by atoms with E-state index in [0.717, 1.165) is 37.0 Å². The summed E-state index contributed by atoms with van der Waals surface area (Å²) in [7, 11) is 0. The summed E-state index contributed by atoms with van der Waals surface area (Å²) in [6.07, 6.45) is 5.11. The Morgan fingerprint density at radius 3 is 2.84 bits per heavy atom. The van der Waals surface area contributed by atoms with Gasteiger partial charge in [0.25, 0.3) is 0 Å². The molecule has 0 amide bonds. The van der Waals surface area contributed by atoms with Gasteiger partial charge in [0.05, 0.1) is 17.6 Å². The lowest BCUT2D eigenvalue weighted by Crippen LogP contribution is -2.36. The van der Waals surface area contributed by atoms with Crippen molar-refractivity contribution in [1.82, 2.24) is 24.6 Å². The number of anilines is 1. The van der Waals surface area contributed by atoms with Crippen LogP contribution in [0.2, 0.25) is 0 Å². The van der Waals surface area contributed by atoms with Crippen LogP contribution < -0.4 is 5.73 Å². The van der Waals surface area contributed by atoms with E-state index in [4.69, 9.17) is 5.73 Å². The molecule has 2 aromatic rings. The number of aromatic nitrogens is 4. The molecule has 1 saturated heterocycles. The van der Waals surface area contributed by atoms with Gasteiger partial charge in [0.1, 0.15) is 18.8 Å². The Bertz CT molecular complexity index is 560. The van der Waals surface area contributed by atoms with Crippen molar-refractivity contribution in [2.45, 2.75) is 18.9 Å². The molecule has 6 nitrogen and oxygen atoms in total. The van der Waals surface area contributed by atoms with Crippen molar-refractivity contribution in [2.75, 3.05) is 32.0 Å². The molecule has 1 aliphatic rings. The Labute approximate surface area is 110 Å². The molecule has 0 aliphatic carbocycles. The quantitative estimate of drug-likeness (QED) is 0.896. The molecule has 3 heterocycles. The molecule has 2 aromatic heterocycles. The maximum absolute atomic E-state index is 12.3. The highest BCUT2D eigenvalue weighted by molar-refractivity contribution is 5.84. The Hall–Kier alpha value is -1.76. The van der Waals surface area contributed by atoms with Gasteiger partial charge in [-0.05, 0) is 12.8 Å². The lowest BCUT2D eigenvalue weighted by Gasteiger charge is -2.31. The van der Waals surface area contributed by atoms with Crippen LogP contribution in [-0.2, 0) is 0 Å². The molecule has 2 N–H and O–H groups in total. The minimum Gasteiger partial charge on any atom is -0.383 e. The minimum absolute atomic E-state index is 0.279. The fourth-order valence-electron chi connectivity index (χ4n) is 2.65. The van der Waals surface area contributed by atoms with Crippen molar-refractivity contribution in [3.8, 4) is 0 Å². The van der Waals surface area contributed by atoms with Crippen molar-refractivity contribution in [3.05, 3.63) is 12.5 Å². The second kappa shape index (κ2) is 5.08. The summed E-state index contributed by atoms with van der Waals surface area (Å²) < 4.78 is 14.2. The molecule has 0 bridgehead atoms. The molecule has 0 unspecified atom stereocenters. The second-order valence-corrected chi connectivity index (χ2v) is 4.85. The maximum atomic E-state index is 12.3. The van der Waals surface area contributed by atoms with Crippen molar-refractivity contribution in [3.63, 3.8) is 0 Å². The van der Waals surface area contributed by atoms with Crippen LogP contribution in [0.3, 0.4) is 0 Å². The van der Waals surface area contributed by atoms with Crippen molar-refractivity contribution >= 4 is 16.9 Å². The summed E-state index contributed by atoms with van der Waals surface area (Å²) in [5.41, 5.74) is 6.59. The molecule has 102 valence electrons. The van der Waals surface area contributed by atoms with E-state index in [9.17, 15) is 4.39 Å². The normalized spacial score (nSPS) is 18.2. The van der Waals surface area contributed by atoms with Gasteiger partial charge < -0.3 is 10.6 Å². The summed E-state index contributed by atoms with van der Waals surface area (Å²) >= 11 is 0. The van der Waals surface area contributed by atoms with Gasteiger partial charge in [-0.1, -0.05) is 0 Å². The average molecular weight is 264 g/mol. The average Bonchev–Trinajstić information content (AvgIpc) is 2.85. The second-order valence-electron chi connectivity index (χ2n) is 4.85. The Morgan fingerprint density at radius 1 is 1.32 bits per heavy atom. The van der Waals surface area contributed by atoms with Crippen molar-refractivity contribution < 1.29 is 4.39 Å². The third kappa shape index (κ3) is 2.25. The number of hydrogen-bond acceptors (Lipinski definition) is 5. The molecule has 0 aromatic carbocycles. The third-order valence-electron chi connectivity index (χ3n) is 3.73. The molecule has 3 rings (SSSR count). The predicted molar refractivity (Wildman–Crippen MR) is 70.4 cm³/mol. The van der Waals surface area contributed by atoms with E-state index in [1.165, 1.54) is 6.33 Å². The predicted octanol–water partition coefficient (Wildman–Crippen LogP) is 1.01. The Morgan fingerprint density at radius 2 is 2.11 bits per heavy atom. The number of piperidine rings is 1. The number of rotatable bonds is 3. The lowest BCUT2D eigenvalue weighted by atomic mass is 10.1. The van der Waals surface area contributed by atoms with E-state index in [2.05, 4.69) is 20.0 Å². The van der Waals surface area contributed by atoms with Crippen LogP contribution in [0, 0.1) is 0 Å². The van der Waals surface area contributed by atoms with Crippen LogP contribution in [0.5, 0.6) is 0 Å². The third-order valence-corrected chi connectivity index (χ3v) is 3.73. The fraction of sp³-hybridized carbons (Fsp3) is 0.583. The number of halogens is 1. The fourth-order valence-corrected chi connectivity index (χ4v) is 2.65. The van der Waals surface area contributed by atoms with Crippen LogP contribution >= 0.6 is 0 Å². The molecule has 7 heteroatoms. The molecule has 19 heavy (non-hydrogen) atoms. The SMILES string of the molecule is Nc1ncnc2c1cnn2C1CCN(CCF)CC1. The summed E-state index contributed by atoms with van der Waals surface area (Å²) in [5, 5.41) is 5.19. The smallest absolute Gasteiger partial charge is 0.163 e. The van der Waals surface area contributed by atoms with Gasteiger partial charge in [0.2, 0.25) is 0 Å². The van der Waals surface area contributed by atoms with E-state index in [-0.39, 0.29) is 6.67 Å². The first-order chi connectivity index (χ1) is 9.29. The first kappa shape index (κ1) is 12.3. The Kier molecular flexibility index (Phi) is 3.29. The highest BCUT2D eigenvalue weighted by atomic mass is 19.1. The van der Waals surface area contributed by atoms with Gasteiger partial charge in [0.15, 0.2) is 5.65 Å². The molecular weight excluding hydrogens is 247 g/mol.